The molecule has 0 aliphatic heterocycles. The van der Waals surface area contributed by atoms with E-state index in [2.05, 4.69) is 31.2 Å². The summed E-state index contributed by atoms with van der Waals surface area (Å²) in [5.74, 6) is 0. The zero-order valence-electron chi connectivity index (χ0n) is 9.38. The summed E-state index contributed by atoms with van der Waals surface area (Å²) in [5.41, 5.74) is 1.39. The Balaban J connectivity index is 2.12. The molecule has 82 valence electrons. The highest BCUT2D eigenvalue weighted by Gasteiger charge is 1.93. The van der Waals surface area contributed by atoms with Crippen LogP contribution in [0.15, 0.2) is 36.4 Å². The van der Waals surface area contributed by atoms with E-state index in [9.17, 15) is 0 Å². The number of aryl methyl sites for hydroxylation is 1. The Labute approximate surface area is 98.0 Å². The number of hydrogen-bond donors (Lipinski definition) is 0. The maximum Gasteiger partial charge on any atom is 0.0406 e. The topological polar surface area (TPSA) is 0 Å². The van der Waals surface area contributed by atoms with Crippen molar-refractivity contribution in [2.24, 2.45) is 0 Å². The van der Waals surface area contributed by atoms with Crippen molar-refractivity contribution >= 4 is 11.6 Å². The summed E-state index contributed by atoms with van der Waals surface area (Å²) >= 11 is 5.82. The summed E-state index contributed by atoms with van der Waals surface area (Å²) in [6, 6.07) is 8.18. The van der Waals surface area contributed by atoms with Gasteiger partial charge >= 0.3 is 0 Å². The fourth-order valence-corrected chi connectivity index (χ4v) is 1.71. The number of unbranched alkanes of at least 4 members (excludes halogenated alkanes) is 3. The molecule has 0 nitrogen and oxygen atoms in total. The monoisotopic (exact) mass is 222 g/mol. The van der Waals surface area contributed by atoms with Crippen molar-refractivity contribution in [1.82, 2.24) is 0 Å². The van der Waals surface area contributed by atoms with Gasteiger partial charge in [-0.3, -0.25) is 0 Å². The molecule has 1 aromatic carbocycles. The lowest BCUT2D eigenvalue weighted by atomic mass is 10.1. The van der Waals surface area contributed by atoms with Gasteiger partial charge in [-0.25, -0.2) is 0 Å². The summed E-state index contributed by atoms with van der Waals surface area (Å²) in [7, 11) is 0. The van der Waals surface area contributed by atoms with Gasteiger partial charge in [0.05, 0.1) is 0 Å². The van der Waals surface area contributed by atoms with E-state index in [0.29, 0.717) is 0 Å². The molecule has 0 heterocycles. The van der Waals surface area contributed by atoms with E-state index in [-0.39, 0.29) is 0 Å². The van der Waals surface area contributed by atoms with E-state index in [1.807, 2.05) is 12.1 Å². The molecule has 1 rings (SSSR count). The van der Waals surface area contributed by atoms with E-state index in [1.54, 1.807) is 0 Å². The van der Waals surface area contributed by atoms with Crippen LogP contribution in [0.5, 0.6) is 0 Å². The SMILES string of the molecule is C/C=C/CCCCCc1ccc(Cl)cc1. The van der Waals surface area contributed by atoms with E-state index >= 15 is 0 Å². The average Bonchev–Trinajstić information content (AvgIpc) is 2.26. The summed E-state index contributed by atoms with van der Waals surface area (Å²) in [5, 5.41) is 0.826. The molecule has 0 fully saturated rings. The summed E-state index contributed by atoms with van der Waals surface area (Å²) in [6.07, 6.45) is 10.6. The minimum Gasteiger partial charge on any atom is -0.0917 e. The zero-order chi connectivity index (χ0) is 10.9. The second kappa shape index (κ2) is 7.53. The molecular weight excluding hydrogens is 204 g/mol. The fourth-order valence-electron chi connectivity index (χ4n) is 1.59. The minimum absolute atomic E-state index is 0.826. The van der Waals surface area contributed by atoms with Crippen molar-refractivity contribution in [3.63, 3.8) is 0 Å². The number of hydrogen-bond acceptors (Lipinski definition) is 0. The number of halogens is 1. The van der Waals surface area contributed by atoms with Gasteiger partial charge in [0.25, 0.3) is 0 Å². The molecule has 0 aromatic heterocycles. The second-order valence-corrected chi connectivity index (χ2v) is 4.23. The van der Waals surface area contributed by atoms with Crippen LogP contribution in [0.4, 0.5) is 0 Å². The Morgan fingerprint density at radius 2 is 1.80 bits per heavy atom. The van der Waals surface area contributed by atoms with Gasteiger partial charge in [0.15, 0.2) is 0 Å². The van der Waals surface area contributed by atoms with Crippen molar-refractivity contribution in [1.29, 1.82) is 0 Å². The molecule has 0 saturated heterocycles. The highest BCUT2D eigenvalue weighted by atomic mass is 35.5. The first-order chi connectivity index (χ1) is 7.33. The van der Waals surface area contributed by atoms with Gasteiger partial charge < -0.3 is 0 Å². The minimum atomic E-state index is 0.826. The summed E-state index contributed by atoms with van der Waals surface area (Å²) in [6.45, 7) is 2.08. The first-order valence-corrected chi connectivity index (χ1v) is 6.06. The predicted octanol–water partition coefficient (Wildman–Crippen LogP) is 5.02. The third-order valence-corrected chi connectivity index (χ3v) is 2.74. The molecule has 0 unspecified atom stereocenters. The van der Waals surface area contributed by atoms with Crippen molar-refractivity contribution in [3.05, 3.63) is 47.0 Å². The first-order valence-electron chi connectivity index (χ1n) is 5.68. The van der Waals surface area contributed by atoms with Crippen LogP contribution in [0.3, 0.4) is 0 Å². The molecule has 0 aliphatic rings. The van der Waals surface area contributed by atoms with Gasteiger partial charge in [-0.2, -0.15) is 0 Å². The Morgan fingerprint density at radius 1 is 1.07 bits per heavy atom. The number of benzene rings is 1. The maximum absolute atomic E-state index is 5.82. The lowest BCUT2D eigenvalue weighted by Gasteiger charge is -2.01. The Hall–Kier alpha value is -0.750. The highest BCUT2D eigenvalue weighted by Crippen LogP contribution is 2.12. The molecule has 0 spiro atoms. The highest BCUT2D eigenvalue weighted by molar-refractivity contribution is 6.30. The van der Waals surface area contributed by atoms with Crippen molar-refractivity contribution in [2.75, 3.05) is 0 Å². The van der Waals surface area contributed by atoms with E-state index < -0.39 is 0 Å². The molecule has 0 radical (unpaired) electrons. The largest absolute Gasteiger partial charge is 0.0917 e. The van der Waals surface area contributed by atoms with Gasteiger partial charge in [0, 0.05) is 5.02 Å². The van der Waals surface area contributed by atoms with Crippen LogP contribution >= 0.6 is 11.6 Å². The summed E-state index contributed by atoms with van der Waals surface area (Å²) < 4.78 is 0. The van der Waals surface area contributed by atoms with Crippen molar-refractivity contribution in [3.8, 4) is 0 Å². The van der Waals surface area contributed by atoms with Crippen molar-refractivity contribution < 1.29 is 0 Å². The average molecular weight is 223 g/mol. The molecule has 15 heavy (non-hydrogen) atoms. The number of allylic oxidation sites excluding steroid dienone is 2. The smallest absolute Gasteiger partial charge is 0.0406 e. The van der Waals surface area contributed by atoms with E-state index in [1.165, 1.54) is 37.7 Å². The molecule has 1 heteroatoms. The lowest BCUT2D eigenvalue weighted by molar-refractivity contribution is 0.687. The second-order valence-electron chi connectivity index (χ2n) is 3.79. The normalized spacial score (nSPS) is 11.1. The molecule has 0 aliphatic carbocycles. The van der Waals surface area contributed by atoms with Gasteiger partial charge in [0.1, 0.15) is 0 Å². The Morgan fingerprint density at radius 3 is 2.47 bits per heavy atom. The van der Waals surface area contributed by atoms with Gasteiger partial charge in [0.2, 0.25) is 0 Å². The van der Waals surface area contributed by atoms with Crippen LogP contribution in [0.25, 0.3) is 0 Å². The molecule has 0 N–H and O–H groups in total. The number of rotatable bonds is 6. The Bertz CT molecular complexity index is 285. The van der Waals surface area contributed by atoms with Crippen LogP contribution in [-0.4, -0.2) is 0 Å². The van der Waals surface area contributed by atoms with Crippen LogP contribution < -0.4 is 0 Å². The van der Waals surface area contributed by atoms with Gasteiger partial charge in [-0.05, 0) is 50.3 Å². The van der Waals surface area contributed by atoms with E-state index in [4.69, 9.17) is 11.6 Å². The third kappa shape index (κ3) is 5.64. The Kier molecular flexibility index (Phi) is 6.18. The lowest BCUT2D eigenvalue weighted by Crippen LogP contribution is -1.85. The quantitative estimate of drug-likeness (QED) is 0.468. The standard InChI is InChI=1S/C14H19Cl/c1-2-3-4-5-6-7-8-13-9-11-14(15)12-10-13/h2-3,9-12H,4-8H2,1H3/b3-2+. The van der Waals surface area contributed by atoms with Crippen LogP contribution in [-0.2, 0) is 6.42 Å². The molecule has 0 saturated carbocycles. The van der Waals surface area contributed by atoms with Crippen LogP contribution in [0.2, 0.25) is 5.02 Å². The molecular formula is C14H19Cl. The summed E-state index contributed by atoms with van der Waals surface area (Å²) in [4.78, 5) is 0. The third-order valence-electron chi connectivity index (χ3n) is 2.49. The molecule has 1 aromatic rings. The first kappa shape index (κ1) is 12.3. The van der Waals surface area contributed by atoms with Gasteiger partial charge in [-0.15, -0.1) is 0 Å². The predicted molar refractivity (Wildman–Crippen MR) is 68.4 cm³/mol. The zero-order valence-corrected chi connectivity index (χ0v) is 10.1. The maximum atomic E-state index is 5.82. The molecule has 0 amide bonds. The van der Waals surface area contributed by atoms with Crippen molar-refractivity contribution in [2.45, 2.75) is 39.0 Å². The fraction of sp³-hybridized carbons (Fsp3) is 0.429. The van der Waals surface area contributed by atoms with Crippen LogP contribution in [0.1, 0.15) is 38.2 Å². The van der Waals surface area contributed by atoms with Gasteiger partial charge in [-0.1, -0.05) is 42.3 Å². The molecule has 0 atom stereocenters. The van der Waals surface area contributed by atoms with E-state index in [0.717, 1.165) is 5.02 Å². The van der Waals surface area contributed by atoms with Crippen LogP contribution in [0, 0.1) is 0 Å². The molecule has 0 bridgehead atoms.